The van der Waals surface area contributed by atoms with Crippen molar-refractivity contribution in [1.29, 1.82) is 0 Å². The average Bonchev–Trinajstić information content (AvgIpc) is 2.49. The minimum absolute atomic E-state index is 0.0635. The fourth-order valence-electron chi connectivity index (χ4n) is 3.17. The summed E-state index contributed by atoms with van der Waals surface area (Å²) in [6, 6.07) is 0. The van der Waals surface area contributed by atoms with Crippen LogP contribution in [0.2, 0.25) is 0 Å². The SMILES string of the molecule is COC1=CC=C(CCO[C@@H]2CCCC[C@@H]2C)CC1OC. The van der Waals surface area contributed by atoms with Crippen LogP contribution in [0, 0.1) is 5.92 Å². The van der Waals surface area contributed by atoms with E-state index in [9.17, 15) is 0 Å². The standard InChI is InChI=1S/C17H28O3/c1-13-6-4-5-7-15(13)20-11-10-14-8-9-16(18-2)17(12-14)19-3/h8-9,13,15,17H,4-7,10-12H2,1-3H3/t13-,15+,17?/m0/s1. The Kier molecular flexibility index (Phi) is 6.11. The summed E-state index contributed by atoms with van der Waals surface area (Å²) >= 11 is 0. The Morgan fingerprint density at radius 2 is 1.95 bits per heavy atom. The summed E-state index contributed by atoms with van der Waals surface area (Å²) in [4.78, 5) is 0. The quantitative estimate of drug-likeness (QED) is 0.739. The molecule has 2 aliphatic carbocycles. The molecule has 0 aromatic carbocycles. The molecule has 0 aromatic heterocycles. The molecule has 114 valence electrons. The highest BCUT2D eigenvalue weighted by atomic mass is 16.5. The zero-order chi connectivity index (χ0) is 14.4. The summed E-state index contributed by atoms with van der Waals surface area (Å²) < 4.78 is 16.9. The van der Waals surface area contributed by atoms with Crippen molar-refractivity contribution in [2.75, 3.05) is 20.8 Å². The normalized spacial score (nSPS) is 30.6. The zero-order valence-electron chi connectivity index (χ0n) is 13.1. The molecule has 20 heavy (non-hydrogen) atoms. The second-order valence-electron chi connectivity index (χ2n) is 5.95. The van der Waals surface area contributed by atoms with Gasteiger partial charge in [0.2, 0.25) is 0 Å². The Labute approximate surface area is 123 Å². The second kappa shape index (κ2) is 7.84. The Bertz CT molecular complexity index is 359. The van der Waals surface area contributed by atoms with E-state index in [1.165, 1.54) is 31.3 Å². The van der Waals surface area contributed by atoms with E-state index in [1.54, 1.807) is 14.2 Å². The van der Waals surface area contributed by atoms with Crippen molar-refractivity contribution in [1.82, 2.24) is 0 Å². The van der Waals surface area contributed by atoms with Crippen molar-refractivity contribution in [3.63, 3.8) is 0 Å². The molecule has 0 saturated heterocycles. The molecule has 0 aliphatic heterocycles. The molecule has 1 fully saturated rings. The van der Waals surface area contributed by atoms with Crippen molar-refractivity contribution in [2.45, 2.75) is 57.7 Å². The van der Waals surface area contributed by atoms with Crippen molar-refractivity contribution in [3.8, 4) is 0 Å². The van der Waals surface area contributed by atoms with Gasteiger partial charge < -0.3 is 14.2 Å². The number of rotatable bonds is 6. The van der Waals surface area contributed by atoms with Crippen LogP contribution in [-0.4, -0.2) is 33.0 Å². The highest BCUT2D eigenvalue weighted by Gasteiger charge is 2.23. The fraction of sp³-hybridized carbons (Fsp3) is 0.765. The van der Waals surface area contributed by atoms with Crippen LogP contribution < -0.4 is 0 Å². The molecule has 3 nitrogen and oxygen atoms in total. The maximum Gasteiger partial charge on any atom is 0.125 e. The van der Waals surface area contributed by atoms with Gasteiger partial charge in [0.05, 0.1) is 19.8 Å². The molecule has 2 aliphatic rings. The van der Waals surface area contributed by atoms with Gasteiger partial charge >= 0.3 is 0 Å². The van der Waals surface area contributed by atoms with Gasteiger partial charge in [0.25, 0.3) is 0 Å². The van der Waals surface area contributed by atoms with E-state index in [2.05, 4.69) is 13.0 Å². The van der Waals surface area contributed by atoms with E-state index >= 15 is 0 Å². The highest BCUT2D eigenvalue weighted by molar-refractivity contribution is 5.24. The number of hydrogen-bond acceptors (Lipinski definition) is 3. The first kappa shape index (κ1) is 15.6. The predicted molar refractivity (Wildman–Crippen MR) is 80.6 cm³/mol. The van der Waals surface area contributed by atoms with Crippen LogP contribution >= 0.6 is 0 Å². The molecule has 2 rings (SSSR count). The van der Waals surface area contributed by atoms with Crippen LogP contribution in [0.1, 0.15) is 45.4 Å². The Hall–Kier alpha value is -0.800. The smallest absolute Gasteiger partial charge is 0.125 e. The van der Waals surface area contributed by atoms with Gasteiger partial charge in [0.15, 0.2) is 0 Å². The highest BCUT2D eigenvalue weighted by Crippen LogP contribution is 2.28. The van der Waals surface area contributed by atoms with Crippen LogP contribution in [0.15, 0.2) is 23.5 Å². The van der Waals surface area contributed by atoms with Crippen LogP contribution in [-0.2, 0) is 14.2 Å². The molecular weight excluding hydrogens is 252 g/mol. The number of hydrogen-bond donors (Lipinski definition) is 0. The molecule has 0 aromatic rings. The monoisotopic (exact) mass is 280 g/mol. The van der Waals surface area contributed by atoms with Gasteiger partial charge in [-0.05, 0) is 31.3 Å². The first-order valence-corrected chi connectivity index (χ1v) is 7.82. The van der Waals surface area contributed by atoms with E-state index in [0.29, 0.717) is 6.10 Å². The molecule has 0 radical (unpaired) electrons. The van der Waals surface area contributed by atoms with Crippen molar-refractivity contribution in [2.24, 2.45) is 5.92 Å². The van der Waals surface area contributed by atoms with Gasteiger partial charge in [-0.3, -0.25) is 0 Å². The van der Waals surface area contributed by atoms with Crippen molar-refractivity contribution < 1.29 is 14.2 Å². The topological polar surface area (TPSA) is 27.7 Å². The number of ether oxygens (including phenoxy) is 3. The van der Waals surface area contributed by atoms with Gasteiger partial charge in [-0.15, -0.1) is 0 Å². The Morgan fingerprint density at radius 3 is 2.65 bits per heavy atom. The predicted octanol–water partition coefficient (Wildman–Crippen LogP) is 3.85. The van der Waals surface area contributed by atoms with Crippen LogP contribution in [0.25, 0.3) is 0 Å². The van der Waals surface area contributed by atoms with E-state index in [0.717, 1.165) is 31.1 Å². The van der Waals surface area contributed by atoms with Crippen LogP contribution in [0.3, 0.4) is 0 Å². The lowest BCUT2D eigenvalue weighted by molar-refractivity contribution is -0.00425. The molecule has 1 saturated carbocycles. The molecule has 0 heterocycles. The second-order valence-corrected chi connectivity index (χ2v) is 5.95. The lowest BCUT2D eigenvalue weighted by Gasteiger charge is -2.29. The van der Waals surface area contributed by atoms with Gasteiger partial charge in [0.1, 0.15) is 11.9 Å². The summed E-state index contributed by atoms with van der Waals surface area (Å²) in [5.74, 6) is 1.63. The van der Waals surface area contributed by atoms with Crippen LogP contribution in [0.5, 0.6) is 0 Å². The Morgan fingerprint density at radius 1 is 1.15 bits per heavy atom. The first-order valence-electron chi connectivity index (χ1n) is 7.82. The molecule has 3 heteroatoms. The third-order valence-corrected chi connectivity index (χ3v) is 4.56. The molecule has 3 atom stereocenters. The van der Waals surface area contributed by atoms with E-state index < -0.39 is 0 Å². The zero-order valence-corrected chi connectivity index (χ0v) is 13.1. The Balaban J connectivity index is 1.76. The minimum atomic E-state index is 0.0635. The molecule has 0 amide bonds. The van der Waals surface area contributed by atoms with Gasteiger partial charge in [0, 0.05) is 13.5 Å². The van der Waals surface area contributed by atoms with Gasteiger partial charge in [-0.2, -0.15) is 0 Å². The van der Waals surface area contributed by atoms with Crippen molar-refractivity contribution >= 4 is 0 Å². The number of allylic oxidation sites excluding steroid dienone is 2. The minimum Gasteiger partial charge on any atom is -0.498 e. The third kappa shape index (κ3) is 4.10. The summed E-state index contributed by atoms with van der Waals surface area (Å²) in [5.41, 5.74) is 1.39. The van der Waals surface area contributed by atoms with Gasteiger partial charge in [-0.1, -0.05) is 31.4 Å². The van der Waals surface area contributed by atoms with E-state index in [4.69, 9.17) is 14.2 Å². The van der Waals surface area contributed by atoms with Gasteiger partial charge in [-0.25, -0.2) is 0 Å². The van der Waals surface area contributed by atoms with E-state index in [1.807, 2.05) is 6.08 Å². The maximum atomic E-state index is 6.09. The molecular formula is C17H28O3. The lowest BCUT2D eigenvalue weighted by Crippen LogP contribution is -2.26. The largest absolute Gasteiger partial charge is 0.498 e. The summed E-state index contributed by atoms with van der Waals surface area (Å²) in [6.07, 6.45) is 11.9. The molecule has 1 unspecified atom stereocenters. The number of methoxy groups -OCH3 is 2. The summed E-state index contributed by atoms with van der Waals surface area (Å²) in [7, 11) is 3.44. The molecule has 0 bridgehead atoms. The third-order valence-electron chi connectivity index (χ3n) is 4.56. The fourth-order valence-corrected chi connectivity index (χ4v) is 3.17. The van der Waals surface area contributed by atoms with E-state index in [-0.39, 0.29) is 6.10 Å². The summed E-state index contributed by atoms with van der Waals surface area (Å²) in [6.45, 7) is 3.14. The van der Waals surface area contributed by atoms with Crippen molar-refractivity contribution in [3.05, 3.63) is 23.5 Å². The lowest BCUT2D eigenvalue weighted by atomic mass is 9.88. The maximum absolute atomic E-state index is 6.09. The first-order chi connectivity index (χ1) is 9.74. The average molecular weight is 280 g/mol. The molecule has 0 spiro atoms. The summed E-state index contributed by atoms with van der Waals surface area (Å²) in [5, 5.41) is 0. The molecule has 0 N–H and O–H groups in total. The van der Waals surface area contributed by atoms with Crippen LogP contribution in [0.4, 0.5) is 0 Å².